The van der Waals surface area contributed by atoms with Crippen LogP contribution >= 0.6 is 10.7 Å². The van der Waals surface area contributed by atoms with Crippen molar-refractivity contribution in [2.24, 2.45) is 0 Å². The monoisotopic (exact) mass is 386 g/mol. The van der Waals surface area contributed by atoms with E-state index in [1.54, 1.807) is 23.3 Å². The zero-order valence-electron chi connectivity index (χ0n) is 13.5. The topological polar surface area (TPSA) is 104 Å². The Kier molecular flexibility index (Phi) is 7.32. The molecule has 0 N–H and O–H groups in total. The van der Waals surface area contributed by atoms with Crippen LogP contribution in [0.4, 0.5) is 0 Å². The lowest BCUT2D eigenvalue weighted by molar-refractivity contribution is -0.145. The van der Waals surface area contributed by atoms with Crippen molar-refractivity contribution in [3.63, 3.8) is 0 Å². The number of aromatic nitrogens is 4. The van der Waals surface area contributed by atoms with Crippen LogP contribution in [0.15, 0.2) is 30.7 Å². The van der Waals surface area contributed by atoms with Gasteiger partial charge in [-0.1, -0.05) is 17.7 Å². The molecular weight excluding hydrogens is 368 g/mol. The van der Waals surface area contributed by atoms with Gasteiger partial charge >= 0.3 is 5.97 Å². The number of carbonyl (C=O) groups is 1. The zero-order valence-corrected chi connectivity index (χ0v) is 15.1. The van der Waals surface area contributed by atoms with E-state index in [1.807, 2.05) is 12.1 Å². The highest BCUT2D eigenvalue weighted by atomic mass is 35.7. The molecule has 0 fully saturated rings. The Balaban J connectivity index is 1.65. The number of hydrogen-bond donors (Lipinski definition) is 0. The third-order valence-electron chi connectivity index (χ3n) is 3.30. The molecular formula is C15H19ClN4O4S. The van der Waals surface area contributed by atoms with Crippen molar-refractivity contribution in [2.45, 2.75) is 38.8 Å². The Labute approximate surface area is 150 Å². The van der Waals surface area contributed by atoms with Gasteiger partial charge in [-0.15, -0.1) is 5.10 Å². The molecule has 2 aromatic rings. The quantitative estimate of drug-likeness (QED) is 0.349. The molecule has 0 saturated carbocycles. The maximum atomic E-state index is 11.6. The van der Waals surface area contributed by atoms with E-state index in [4.69, 9.17) is 15.4 Å². The Morgan fingerprint density at radius 3 is 2.84 bits per heavy atom. The average molecular weight is 387 g/mol. The number of pyridine rings is 1. The molecule has 2 heterocycles. The van der Waals surface area contributed by atoms with E-state index >= 15 is 0 Å². The summed E-state index contributed by atoms with van der Waals surface area (Å²) >= 11 is 0. The number of nitrogens with zero attached hydrogens (tertiary/aromatic N) is 4. The zero-order chi connectivity index (χ0) is 18.1. The average Bonchev–Trinajstić information content (AvgIpc) is 3.00. The number of carbonyl (C=O) groups excluding carboxylic acids is 1. The minimum Gasteiger partial charge on any atom is -0.459 e. The van der Waals surface area contributed by atoms with Gasteiger partial charge in [-0.05, 0) is 24.5 Å². The van der Waals surface area contributed by atoms with E-state index in [-0.39, 0.29) is 24.7 Å². The number of ether oxygens (including phenoxy) is 1. The molecule has 2 aromatic heterocycles. The van der Waals surface area contributed by atoms with Gasteiger partial charge in [0.1, 0.15) is 12.3 Å². The fourth-order valence-corrected chi connectivity index (χ4v) is 2.98. The van der Waals surface area contributed by atoms with Gasteiger partial charge in [-0.3, -0.25) is 9.78 Å². The first-order chi connectivity index (χ1) is 11.9. The van der Waals surface area contributed by atoms with Crippen LogP contribution in [-0.4, -0.2) is 40.1 Å². The van der Waals surface area contributed by atoms with Crippen molar-refractivity contribution in [3.05, 3.63) is 42.0 Å². The van der Waals surface area contributed by atoms with E-state index in [0.717, 1.165) is 5.56 Å². The van der Waals surface area contributed by atoms with Gasteiger partial charge < -0.3 is 4.74 Å². The Hall–Kier alpha value is -2.00. The molecule has 0 saturated heterocycles. The molecule has 0 spiro atoms. The molecule has 0 amide bonds. The standard InChI is InChI=1S/C15H19ClN4O4S/c16-25(22,23)8-3-1-2-6-15(21)24-12-14-11-20(19-18-14)10-13-5-4-7-17-9-13/h4-5,7,9,11H,1-3,6,8,10,12H2. The van der Waals surface area contributed by atoms with Gasteiger partial charge in [-0.2, -0.15) is 0 Å². The summed E-state index contributed by atoms with van der Waals surface area (Å²) < 4.78 is 28.3. The summed E-state index contributed by atoms with van der Waals surface area (Å²) in [6, 6.07) is 3.78. The molecule has 136 valence electrons. The number of halogens is 1. The van der Waals surface area contributed by atoms with Crippen LogP contribution in [0, 0.1) is 0 Å². The SMILES string of the molecule is O=C(CCCCCS(=O)(=O)Cl)OCc1cn(Cc2cccnc2)nn1. The van der Waals surface area contributed by atoms with Crippen LogP contribution < -0.4 is 0 Å². The van der Waals surface area contributed by atoms with E-state index < -0.39 is 9.05 Å². The molecule has 0 aliphatic carbocycles. The highest BCUT2D eigenvalue weighted by molar-refractivity contribution is 8.13. The summed E-state index contributed by atoms with van der Waals surface area (Å²) in [6.07, 6.45) is 6.97. The first-order valence-corrected chi connectivity index (χ1v) is 10.3. The van der Waals surface area contributed by atoms with Gasteiger partial charge in [0.15, 0.2) is 0 Å². The van der Waals surface area contributed by atoms with Crippen LogP contribution in [0.1, 0.15) is 36.9 Å². The van der Waals surface area contributed by atoms with Crippen LogP contribution in [0.25, 0.3) is 0 Å². The van der Waals surface area contributed by atoms with Gasteiger partial charge in [0.2, 0.25) is 9.05 Å². The lowest BCUT2D eigenvalue weighted by Gasteiger charge is -2.02. The summed E-state index contributed by atoms with van der Waals surface area (Å²) in [5.41, 5.74) is 1.56. The minimum absolute atomic E-state index is 0.0575. The maximum Gasteiger partial charge on any atom is 0.306 e. The molecule has 0 atom stereocenters. The summed E-state index contributed by atoms with van der Waals surface area (Å²) in [4.78, 5) is 15.7. The summed E-state index contributed by atoms with van der Waals surface area (Å²) in [7, 11) is 1.65. The van der Waals surface area contributed by atoms with Crippen LogP contribution in [0.3, 0.4) is 0 Å². The van der Waals surface area contributed by atoms with Gasteiger partial charge in [0.05, 0.1) is 18.5 Å². The van der Waals surface area contributed by atoms with Gasteiger partial charge in [-0.25, -0.2) is 13.1 Å². The fraction of sp³-hybridized carbons (Fsp3) is 0.467. The van der Waals surface area contributed by atoms with Gasteiger partial charge in [0, 0.05) is 29.5 Å². The van der Waals surface area contributed by atoms with Crippen molar-refractivity contribution in [2.75, 3.05) is 5.75 Å². The van der Waals surface area contributed by atoms with E-state index in [2.05, 4.69) is 15.3 Å². The van der Waals surface area contributed by atoms with Crippen molar-refractivity contribution in [3.8, 4) is 0 Å². The van der Waals surface area contributed by atoms with Crippen LogP contribution in [0.2, 0.25) is 0 Å². The summed E-state index contributed by atoms with van der Waals surface area (Å²) in [6.45, 7) is 0.597. The van der Waals surface area contributed by atoms with Crippen LogP contribution in [0.5, 0.6) is 0 Å². The van der Waals surface area contributed by atoms with E-state index in [0.29, 0.717) is 31.5 Å². The summed E-state index contributed by atoms with van der Waals surface area (Å²) in [5.74, 6) is -0.431. The number of rotatable bonds is 10. The molecule has 0 aliphatic heterocycles. The Morgan fingerprint density at radius 2 is 2.12 bits per heavy atom. The predicted molar refractivity (Wildman–Crippen MR) is 91.3 cm³/mol. The molecule has 0 bridgehead atoms. The highest BCUT2D eigenvalue weighted by Crippen LogP contribution is 2.07. The second kappa shape index (κ2) is 9.47. The molecule has 2 rings (SSSR count). The van der Waals surface area contributed by atoms with Gasteiger partial charge in [0.25, 0.3) is 0 Å². The smallest absolute Gasteiger partial charge is 0.306 e. The van der Waals surface area contributed by atoms with Crippen LogP contribution in [-0.2, 0) is 31.7 Å². The predicted octanol–water partition coefficient (Wildman–Crippen LogP) is 1.89. The molecule has 0 unspecified atom stereocenters. The first-order valence-electron chi connectivity index (χ1n) is 7.78. The second-order valence-corrected chi connectivity index (χ2v) is 8.38. The van der Waals surface area contributed by atoms with Crippen molar-refractivity contribution >= 4 is 25.7 Å². The third-order valence-corrected chi connectivity index (χ3v) is 4.54. The van der Waals surface area contributed by atoms with E-state index in [9.17, 15) is 13.2 Å². The largest absolute Gasteiger partial charge is 0.459 e. The Morgan fingerprint density at radius 1 is 1.28 bits per heavy atom. The lowest BCUT2D eigenvalue weighted by Crippen LogP contribution is -2.05. The highest BCUT2D eigenvalue weighted by Gasteiger charge is 2.08. The molecule has 25 heavy (non-hydrogen) atoms. The number of unbranched alkanes of at least 4 members (excludes halogenated alkanes) is 2. The molecule has 0 aromatic carbocycles. The Bertz CT molecular complexity index is 780. The molecule has 10 heteroatoms. The number of esters is 1. The van der Waals surface area contributed by atoms with Crippen molar-refractivity contribution in [1.29, 1.82) is 0 Å². The normalized spacial score (nSPS) is 11.4. The molecule has 0 radical (unpaired) electrons. The molecule has 0 aliphatic rings. The number of hydrogen-bond acceptors (Lipinski definition) is 7. The first kappa shape index (κ1) is 19.3. The molecule has 8 nitrogen and oxygen atoms in total. The minimum atomic E-state index is -3.46. The summed E-state index contributed by atoms with van der Waals surface area (Å²) in [5, 5.41) is 7.93. The fourth-order valence-electron chi connectivity index (χ4n) is 2.11. The second-order valence-electron chi connectivity index (χ2n) is 5.48. The van der Waals surface area contributed by atoms with Crippen molar-refractivity contribution in [1.82, 2.24) is 20.0 Å². The van der Waals surface area contributed by atoms with Crippen molar-refractivity contribution < 1.29 is 17.9 Å². The lowest BCUT2D eigenvalue weighted by atomic mass is 10.2. The third kappa shape index (κ3) is 8.08. The van der Waals surface area contributed by atoms with E-state index in [1.165, 1.54) is 0 Å². The maximum absolute atomic E-state index is 11.6.